The molecule has 0 aliphatic carbocycles. The van der Waals surface area contributed by atoms with Crippen LogP contribution in [0.5, 0.6) is 0 Å². The highest BCUT2D eigenvalue weighted by atomic mass is 16.1. The van der Waals surface area contributed by atoms with Gasteiger partial charge in [-0.3, -0.25) is 4.79 Å². The first-order valence-corrected chi connectivity index (χ1v) is 10.7. The van der Waals surface area contributed by atoms with Gasteiger partial charge in [-0.1, -0.05) is 12.1 Å². The summed E-state index contributed by atoms with van der Waals surface area (Å²) in [5, 5.41) is 2.19. The second-order valence-corrected chi connectivity index (χ2v) is 8.70. The standard InChI is InChI=1S/C23H18B4N6O/c1-32-13-28-12-18(32)14-2-3-16-11-30-19(9-17(16)8-14)31-21(34)15-4-7-29-20(10-15)33-22(24,25)5-6-23(33,26)27/h2-4,7-13H,5-6H2,1H3,(H,30,31,34). The van der Waals surface area contributed by atoms with Crippen molar-refractivity contribution in [3.8, 4) is 11.3 Å². The topological polar surface area (TPSA) is 75.9 Å². The van der Waals surface area contributed by atoms with Crippen LogP contribution in [0.2, 0.25) is 0 Å². The summed E-state index contributed by atoms with van der Waals surface area (Å²) in [6, 6.07) is 11.0. The fourth-order valence-corrected chi connectivity index (χ4v) is 4.31. The maximum atomic E-state index is 13.0. The minimum atomic E-state index is -1.27. The average Bonchev–Trinajstić information content (AvgIpc) is 3.32. The molecular weight excluding hydrogens is 420 g/mol. The Morgan fingerprint density at radius 2 is 1.74 bits per heavy atom. The largest absolute Gasteiger partial charge is 0.380 e. The summed E-state index contributed by atoms with van der Waals surface area (Å²) in [4.78, 5) is 27.3. The lowest BCUT2D eigenvalue weighted by Crippen LogP contribution is -2.56. The number of hydrogen-bond donors (Lipinski definition) is 1. The molecule has 7 nitrogen and oxygen atoms in total. The van der Waals surface area contributed by atoms with Gasteiger partial charge in [0.15, 0.2) is 0 Å². The summed E-state index contributed by atoms with van der Waals surface area (Å²) in [5.41, 5.74) is 2.34. The number of imidazole rings is 1. The number of carbonyl (C=O) groups excluding carboxylic acids is 1. The predicted molar refractivity (Wildman–Crippen MR) is 136 cm³/mol. The molecule has 5 rings (SSSR count). The molecule has 8 radical (unpaired) electrons. The third kappa shape index (κ3) is 4.00. The molecule has 1 aromatic carbocycles. The molecule has 0 unspecified atom stereocenters. The lowest BCUT2D eigenvalue weighted by atomic mass is 9.58. The molecule has 158 valence electrons. The van der Waals surface area contributed by atoms with Crippen molar-refractivity contribution in [2.45, 2.75) is 23.5 Å². The maximum absolute atomic E-state index is 13.0. The van der Waals surface area contributed by atoms with Crippen LogP contribution in [0.3, 0.4) is 0 Å². The summed E-state index contributed by atoms with van der Waals surface area (Å²) in [6.07, 6.45) is 7.54. The number of fused-ring (bicyclic) bond motifs is 1. The smallest absolute Gasteiger partial charge is 0.257 e. The van der Waals surface area contributed by atoms with E-state index < -0.39 is 10.7 Å². The van der Waals surface area contributed by atoms with Crippen LogP contribution in [0.1, 0.15) is 23.2 Å². The van der Waals surface area contributed by atoms with Gasteiger partial charge in [0.2, 0.25) is 0 Å². The normalized spacial score (nSPS) is 16.6. The number of anilines is 2. The Bertz CT molecular complexity index is 1390. The van der Waals surface area contributed by atoms with Crippen LogP contribution in [-0.2, 0) is 7.05 Å². The molecule has 1 aliphatic rings. The number of rotatable bonds is 4. The lowest BCUT2D eigenvalue weighted by molar-refractivity contribution is 0.102. The van der Waals surface area contributed by atoms with Gasteiger partial charge in [-0.25, -0.2) is 15.0 Å². The Kier molecular flexibility index (Phi) is 5.30. The molecule has 3 aromatic heterocycles. The van der Waals surface area contributed by atoms with Gasteiger partial charge in [-0.05, 0) is 53.2 Å². The van der Waals surface area contributed by atoms with Crippen LogP contribution in [-0.4, -0.2) is 67.5 Å². The zero-order valence-corrected chi connectivity index (χ0v) is 18.6. The Morgan fingerprint density at radius 1 is 0.971 bits per heavy atom. The van der Waals surface area contributed by atoms with E-state index >= 15 is 0 Å². The average molecular weight is 438 g/mol. The minimum Gasteiger partial charge on any atom is -0.380 e. The Hall–Kier alpha value is -3.48. The third-order valence-electron chi connectivity index (χ3n) is 6.07. The molecule has 1 amide bonds. The van der Waals surface area contributed by atoms with Crippen molar-refractivity contribution in [3.63, 3.8) is 0 Å². The number of hydrogen-bond acceptors (Lipinski definition) is 5. The van der Waals surface area contributed by atoms with E-state index in [0.717, 1.165) is 22.0 Å². The molecule has 0 bridgehead atoms. The summed E-state index contributed by atoms with van der Waals surface area (Å²) in [6.45, 7) is 0. The van der Waals surface area contributed by atoms with Gasteiger partial charge in [0.1, 0.15) is 11.6 Å². The number of nitrogens with zero attached hydrogens (tertiary/aromatic N) is 5. The van der Waals surface area contributed by atoms with E-state index in [1.165, 1.54) is 11.1 Å². The Balaban J connectivity index is 1.42. The number of pyridine rings is 2. The zero-order chi connectivity index (χ0) is 24.1. The van der Waals surface area contributed by atoms with Crippen molar-refractivity contribution >= 4 is 59.7 Å². The molecule has 1 fully saturated rings. The van der Waals surface area contributed by atoms with E-state index in [1.807, 2.05) is 35.9 Å². The van der Waals surface area contributed by atoms with Crippen molar-refractivity contribution < 1.29 is 4.79 Å². The van der Waals surface area contributed by atoms with E-state index in [1.54, 1.807) is 30.9 Å². The fraction of sp³-hybridized carbons (Fsp3) is 0.217. The molecule has 4 heterocycles. The van der Waals surface area contributed by atoms with Crippen molar-refractivity contribution in [2.75, 3.05) is 10.2 Å². The number of aromatic nitrogens is 4. The molecule has 0 atom stereocenters. The highest BCUT2D eigenvalue weighted by Crippen LogP contribution is 2.37. The van der Waals surface area contributed by atoms with Crippen LogP contribution in [0.15, 0.2) is 61.3 Å². The van der Waals surface area contributed by atoms with Crippen molar-refractivity contribution in [1.82, 2.24) is 19.5 Å². The van der Waals surface area contributed by atoms with Gasteiger partial charge in [0.25, 0.3) is 5.91 Å². The van der Waals surface area contributed by atoms with Crippen molar-refractivity contribution in [1.29, 1.82) is 0 Å². The zero-order valence-electron chi connectivity index (χ0n) is 18.6. The van der Waals surface area contributed by atoms with Crippen molar-refractivity contribution in [2.24, 2.45) is 7.05 Å². The summed E-state index contributed by atoms with van der Waals surface area (Å²) in [5.74, 6) is 0.377. The first-order valence-electron chi connectivity index (χ1n) is 10.7. The summed E-state index contributed by atoms with van der Waals surface area (Å²) < 4.78 is 1.95. The van der Waals surface area contributed by atoms with Crippen LogP contribution < -0.4 is 10.2 Å². The second-order valence-electron chi connectivity index (χ2n) is 8.70. The molecule has 1 N–H and O–H groups in total. The molecular formula is C23H18B4N6O. The van der Waals surface area contributed by atoms with Gasteiger partial charge in [0.05, 0.1) is 49.6 Å². The minimum absolute atomic E-state index is 0.326. The highest BCUT2D eigenvalue weighted by molar-refractivity contribution is 6.48. The quantitative estimate of drug-likeness (QED) is 0.493. The monoisotopic (exact) mass is 438 g/mol. The maximum Gasteiger partial charge on any atom is 0.257 e. The van der Waals surface area contributed by atoms with E-state index in [9.17, 15) is 4.79 Å². The summed E-state index contributed by atoms with van der Waals surface area (Å²) >= 11 is 0. The highest BCUT2D eigenvalue weighted by Gasteiger charge is 2.43. The number of amides is 1. The van der Waals surface area contributed by atoms with Crippen LogP contribution in [0.4, 0.5) is 11.6 Å². The van der Waals surface area contributed by atoms with Gasteiger partial charge >= 0.3 is 0 Å². The van der Waals surface area contributed by atoms with Crippen molar-refractivity contribution in [3.05, 3.63) is 66.9 Å². The van der Waals surface area contributed by atoms with Gasteiger partial charge in [-0.2, -0.15) is 0 Å². The van der Waals surface area contributed by atoms with Gasteiger partial charge in [-0.15, -0.1) is 0 Å². The van der Waals surface area contributed by atoms with E-state index in [0.29, 0.717) is 30.0 Å². The molecule has 34 heavy (non-hydrogen) atoms. The van der Waals surface area contributed by atoms with E-state index in [4.69, 9.17) is 31.4 Å². The number of nitrogens with one attached hydrogen (secondary N) is 1. The molecule has 0 saturated carbocycles. The molecule has 4 aromatic rings. The number of benzene rings is 1. The molecule has 1 aliphatic heterocycles. The molecule has 1 saturated heterocycles. The van der Waals surface area contributed by atoms with Crippen LogP contribution in [0.25, 0.3) is 22.0 Å². The lowest BCUT2D eigenvalue weighted by Gasteiger charge is -2.44. The Morgan fingerprint density at radius 3 is 2.44 bits per heavy atom. The Labute approximate surface area is 203 Å². The number of carbonyl (C=O) groups is 1. The first kappa shape index (κ1) is 22.3. The molecule has 11 heteroatoms. The van der Waals surface area contributed by atoms with E-state index in [2.05, 4.69) is 20.3 Å². The predicted octanol–water partition coefficient (Wildman–Crippen LogP) is 1.86. The SMILES string of the molecule is [B]C1([B])CCC([B])([B])N1c1cc(C(=O)Nc2cc3cc(-c4cncn4C)ccc3cn2)ccn1. The summed E-state index contributed by atoms with van der Waals surface area (Å²) in [7, 11) is 26.6. The second kappa shape index (κ2) is 8.08. The van der Waals surface area contributed by atoms with Gasteiger partial charge < -0.3 is 14.8 Å². The first-order chi connectivity index (χ1) is 16.1. The van der Waals surface area contributed by atoms with Gasteiger partial charge in [0, 0.05) is 36.0 Å². The van der Waals surface area contributed by atoms with E-state index in [-0.39, 0.29) is 5.91 Å². The van der Waals surface area contributed by atoms with Crippen LogP contribution in [0, 0.1) is 0 Å². The third-order valence-corrected chi connectivity index (χ3v) is 6.07. The molecule has 0 spiro atoms. The van der Waals surface area contributed by atoms with Crippen LogP contribution >= 0.6 is 0 Å². The fourth-order valence-electron chi connectivity index (χ4n) is 4.31. The number of aryl methyl sites for hydroxylation is 1.